The van der Waals surface area contributed by atoms with Crippen LogP contribution in [0, 0.1) is 0 Å². The molecule has 0 unspecified atom stereocenters. The predicted octanol–water partition coefficient (Wildman–Crippen LogP) is 1.34. The molecule has 0 saturated carbocycles. The molecule has 0 aromatic rings. The Morgan fingerprint density at radius 1 is 1.56 bits per heavy atom. The maximum Gasteiger partial charge on any atom is 0.173 e. The first-order valence-electron chi connectivity index (χ1n) is 2.90. The smallest absolute Gasteiger partial charge is 0.173 e. The molecule has 3 heteroatoms. The lowest BCUT2D eigenvalue weighted by Crippen LogP contribution is -2.03. The van der Waals surface area contributed by atoms with Gasteiger partial charge in [-0.2, -0.15) is 0 Å². The number of rotatable bonds is 2. The zero-order valence-electron chi connectivity index (χ0n) is 6.01. The molecule has 0 rings (SSSR count). The summed E-state index contributed by atoms with van der Waals surface area (Å²) >= 11 is 0. The molecule has 9 heavy (non-hydrogen) atoms. The van der Waals surface area contributed by atoms with Crippen molar-refractivity contribution in [3.05, 3.63) is 11.0 Å². The average molecular weight is 148 g/mol. The summed E-state index contributed by atoms with van der Waals surface area (Å²) in [5.41, 5.74) is 0. The van der Waals surface area contributed by atoms with Crippen molar-refractivity contribution in [1.29, 1.82) is 0 Å². The van der Waals surface area contributed by atoms with Crippen molar-refractivity contribution in [2.75, 3.05) is 5.75 Å². The standard InChI is InChI=1S/C6H12O2S/c1-4-6(3)9(7,8)5-2/h4H,5H2,1-3H3/b6-4-. The maximum absolute atomic E-state index is 10.9. The molecule has 0 heterocycles. The molecule has 0 atom stereocenters. The lowest BCUT2D eigenvalue weighted by Gasteiger charge is -1.96. The molecule has 54 valence electrons. The van der Waals surface area contributed by atoms with Gasteiger partial charge in [-0.25, -0.2) is 8.42 Å². The summed E-state index contributed by atoms with van der Waals surface area (Å²) in [6.45, 7) is 4.98. The molecular formula is C6H12O2S. The molecule has 0 aliphatic rings. The summed E-state index contributed by atoms with van der Waals surface area (Å²) in [5.74, 6) is 0.198. The number of hydrogen-bond acceptors (Lipinski definition) is 2. The summed E-state index contributed by atoms with van der Waals surface area (Å²) in [6, 6.07) is 0. The van der Waals surface area contributed by atoms with Gasteiger partial charge >= 0.3 is 0 Å². The molecule has 0 aliphatic heterocycles. The van der Waals surface area contributed by atoms with E-state index in [1.807, 2.05) is 0 Å². The van der Waals surface area contributed by atoms with Crippen LogP contribution in [0.4, 0.5) is 0 Å². The Kier molecular flexibility index (Phi) is 2.91. The highest BCUT2D eigenvalue weighted by Crippen LogP contribution is 2.04. The molecule has 0 fully saturated rings. The molecule has 0 saturated heterocycles. The van der Waals surface area contributed by atoms with Gasteiger partial charge in [0, 0.05) is 4.91 Å². The van der Waals surface area contributed by atoms with Gasteiger partial charge in [-0.3, -0.25) is 0 Å². The molecule has 0 aromatic heterocycles. The Balaban J connectivity index is 4.57. The minimum Gasteiger partial charge on any atom is -0.224 e. The topological polar surface area (TPSA) is 34.1 Å². The van der Waals surface area contributed by atoms with Crippen molar-refractivity contribution in [2.45, 2.75) is 20.8 Å². The van der Waals surface area contributed by atoms with E-state index in [0.29, 0.717) is 4.91 Å². The zero-order chi connectivity index (χ0) is 7.49. The second-order valence-corrected chi connectivity index (χ2v) is 4.25. The minimum atomic E-state index is -2.89. The van der Waals surface area contributed by atoms with Crippen LogP contribution in [0.25, 0.3) is 0 Å². The van der Waals surface area contributed by atoms with Gasteiger partial charge < -0.3 is 0 Å². The lowest BCUT2D eigenvalue weighted by atomic mass is 10.6. The van der Waals surface area contributed by atoms with Crippen molar-refractivity contribution >= 4 is 9.84 Å². The first-order chi connectivity index (χ1) is 4.04. The SMILES string of the molecule is C/C=C(/C)S(=O)(=O)CC. The van der Waals surface area contributed by atoms with E-state index in [1.165, 1.54) is 0 Å². The molecule has 0 aliphatic carbocycles. The molecular weight excluding hydrogens is 136 g/mol. The first kappa shape index (κ1) is 8.69. The van der Waals surface area contributed by atoms with Gasteiger partial charge in [0.2, 0.25) is 0 Å². The van der Waals surface area contributed by atoms with Crippen LogP contribution >= 0.6 is 0 Å². The quantitative estimate of drug-likeness (QED) is 0.592. The van der Waals surface area contributed by atoms with Crippen LogP contribution in [0.5, 0.6) is 0 Å². The van der Waals surface area contributed by atoms with Gasteiger partial charge in [0.05, 0.1) is 5.75 Å². The molecule has 0 radical (unpaired) electrons. The summed E-state index contributed by atoms with van der Waals surface area (Å²) < 4.78 is 21.7. The lowest BCUT2D eigenvalue weighted by molar-refractivity contribution is 0.603. The van der Waals surface area contributed by atoms with Crippen LogP contribution in [0.1, 0.15) is 20.8 Å². The third-order valence-corrected chi connectivity index (χ3v) is 3.25. The molecule has 0 amide bonds. The Labute approximate surface area is 56.5 Å². The van der Waals surface area contributed by atoms with Crippen LogP contribution in [0.15, 0.2) is 11.0 Å². The molecule has 0 spiro atoms. The summed E-state index contributed by atoms with van der Waals surface area (Å²) in [5, 5.41) is 0. The average Bonchev–Trinajstić information content (AvgIpc) is 1.86. The normalized spacial score (nSPS) is 13.9. The highest BCUT2D eigenvalue weighted by atomic mass is 32.2. The van der Waals surface area contributed by atoms with Crippen molar-refractivity contribution in [2.24, 2.45) is 0 Å². The van der Waals surface area contributed by atoms with Crippen molar-refractivity contribution in [3.8, 4) is 0 Å². The minimum absolute atomic E-state index is 0.198. The third kappa shape index (κ3) is 2.18. The predicted molar refractivity (Wildman–Crippen MR) is 38.9 cm³/mol. The fraction of sp³-hybridized carbons (Fsp3) is 0.667. The van der Waals surface area contributed by atoms with E-state index in [-0.39, 0.29) is 5.75 Å². The van der Waals surface area contributed by atoms with E-state index < -0.39 is 9.84 Å². The second-order valence-electron chi connectivity index (χ2n) is 1.80. The van der Waals surface area contributed by atoms with Crippen LogP contribution < -0.4 is 0 Å². The van der Waals surface area contributed by atoms with Crippen LogP contribution in [-0.4, -0.2) is 14.2 Å². The van der Waals surface area contributed by atoms with Gasteiger partial charge in [-0.1, -0.05) is 13.0 Å². The number of hydrogen-bond donors (Lipinski definition) is 0. The summed E-state index contributed by atoms with van der Waals surface area (Å²) in [7, 11) is -2.89. The van der Waals surface area contributed by atoms with Gasteiger partial charge in [0.25, 0.3) is 0 Å². The van der Waals surface area contributed by atoms with Crippen molar-refractivity contribution in [1.82, 2.24) is 0 Å². The van der Waals surface area contributed by atoms with E-state index in [9.17, 15) is 8.42 Å². The fourth-order valence-electron chi connectivity index (χ4n) is 0.407. The molecule has 2 nitrogen and oxygen atoms in total. The Hall–Kier alpha value is -0.310. The van der Waals surface area contributed by atoms with E-state index in [0.717, 1.165) is 0 Å². The van der Waals surface area contributed by atoms with E-state index in [2.05, 4.69) is 0 Å². The van der Waals surface area contributed by atoms with Crippen LogP contribution in [0.2, 0.25) is 0 Å². The number of allylic oxidation sites excluding steroid dienone is 2. The largest absolute Gasteiger partial charge is 0.224 e. The van der Waals surface area contributed by atoms with Crippen LogP contribution in [-0.2, 0) is 9.84 Å². The molecule has 0 bridgehead atoms. The van der Waals surface area contributed by atoms with Crippen LogP contribution in [0.3, 0.4) is 0 Å². The second kappa shape index (κ2) is 3.01. The first-order valence-corrected chi connectivity index (χ1v) is 4.55. The summed E-state index contributed by atoms with van der Waals surface area (Å²) in [4.78, 5) is 0.463. The maximum atomic E-state index is 10.9. The van der Waals surface area contributed by atoms with Crippen molar-refractivity contribution in [3.63, 3.8) is 0 Å². The van der Waals surface area contributed by atoms with Gasteiger partial charge in [-0.15, -0.1) is 0 Å². The van der Waals surface area contributed by atoms with Gasteiger partial charge in [0.15, 0.2) is 9.84 Å². The monoisotopic (exact) mass is 148 g/mol. The van der Waals surface area contributed by atoms with Gasteiger partial charge in [0.1, 0.15) is 0 Å². The fourth-order valence-corrected chi connectivity index (χ4v) is 1.22. The highest BCUT2D eigenvalue weighted by molar-refractivity contribution is 7.95. The Bertz CT molecular complexity index is 199. The van der Waals surface area contributed by atoms with Crippen molar-refractivity contribution < 1.29 is 8.42 Å². The Morgan fingerprint density at radius 3 is 2.11 bits per heavy atom. The Morgan fingerprint density at radius 2 is 2.00 bits per heavy atom. The highest BCUT2D eigenvalue weighted by Gasteiger charge is 2.07. The van der Waals surface area contributed by atoms with E-state index in [1.54, 1.807) is 26.8 Å². The molecule has 0 N–H and O–H groups in total. The van der Waals surface area contributed by atoms with E-state index in [4.69, 9.17) is 0 Å². The summed E-state index contributed by atoms with van der Waals surface area (Å²) in [6.07, 6.45) is 1.61. The molecule has 0 aromatic carbocycles. The number of sulfone groups is 1. The third-order valence-electron chi connectivity index (χ3n) is 1.28. The van der Waals surface area contributed by atoms with E-state index >= 15 is 0 Å². The van der Waals surface area contributed by atoms with Gasteiger partial charge in [-0.05, 0) is 13.8 Å². The zero-order valence-corrected chi connectivity index (χ0v) is 6.83.